The van der Waals surface area contributed by atoms with Gasteiger partial charge in [0.05, 0.1) is 18.5 Å². The molecule has 3 rings (SSSR count). The van der Waals surface area contributed by atoms with E-state index in [1.54, 1.807) is 12.4 Å². The van der Waals surface area contributed by atoms with Crippen LogP contribution in [0, 0.1) is 6.92 Å². The van der Waals surface area contributed by atoms with Crippen molar-refractivity contribution in [3.63, 3.8) is 0 Å². The van der Waals surface area contributed by atoms with E-state index >= 15 is 0 Å². The number of nitrogens with one attached hydrogen (secondary N) is 2. The molecule has 5 nitrogen and oxygen atoms in total. The van der Waals surface area contributed by atoms with Gasteiger partial charge in [-0.05, 0) is 49.5 Å². The second kappa shape index (κ2) is 8.21. The van der Waals surface area contributed by atoms with Crippen molar-refractivity contribution < 1.29 is 4.42 Å². The minimum atomic E-state index is 0.423. The van der Waals surface area contributed by atoms with Gasteiger partial charge in [0.25, 0.3) is 0 Å². The fraction of sp³-hybridized carbons (Fsp3) is 0.105. The molecule has 0 saturated carbocycles. The van der Waals surface area contributed by atoms with Gasteiger partial charge in [-0.2, -0.15) is 5.10 Å². The summed E-state index contributed by atoms with van der Waals surface area (Å²) in [7, 11) is 0. The summed E-state index contributed by atoms with van der Waals surface area (Å²) in [5.41, 5.74) is 5.90. The van der Waals surface area contributed by atoms with Gasteiger partial charge in [0.1, 0.15) is 11.5 Å². The molecule has 0 radical (unpaired) electrons. The molecular weight excluding hydrogens is 332 g/mol. The van der Waals surface area contributed by atoms with Crippen LogP contribution in [0.25, 0.3) is 11.3 Å². The molecule has 2 heterocycles. The first-order valence-electron chi connectivity index (χ1n) is 7.84. The van der Waals surface area contributed by atoms with Crippen LogP contribution in [0.1, 0.15) is 17.0 Å². The van der Waals surface area contributed by atoms with E-state index < -0.39 is 0 Å². The molecule has 6 heteroatoms. The summed E-state index contributed by atoms with van der Waals surface area (Å²) >= 11 is 5.17. The number of benzene rings is 1. The summed E-state index contributed by atoms with van der Waals surface area (Å²) in [6.45, 7) is 2.60. The fourth-order valence-electron chi connectivity index (χ4n) is 2.24. The number of rotatable bonds is 5. The van der Waals surface area contributed by atoms with Gasteiger partial charge in [-0.3, -0.25) is 10.4 Å². The van der Waals surface area contributed by atoms with Crippen LogP contribution < -0.4 is 10.7 Å². The number of thiocarbonyl (C=S) groups is 1. The lowest BCUT2D eigenvalue weighted by atomic mass is 10.1. The van der Waals surface area contributed by atoms with E-state index in [-0.39, 0.29) is 0 Å². The Morgan fingerprint density at radius 2 is 2.12 bits per heavy atom. The van der Waals surface area contributed by atoms with E-state index in [0.29, 0.717) is 17.4 Å². The minimum Gasteiger partial charge on any atom is -0.455 e. The highest BCUT2D eigenvalue weighted by atomic mass is 32.1. The number of pyridine rings is 1. The van der Waals surface area contributed by atoms with Crippen molar-refractivity contribution in [2.75, 3.05) is 0 Å². The number of aryl methyl sites for hydroxylation is 1. The minimum absolute atomic E-state index is 0.423. The molecule has 0 spiro atoms. The van der Waals surface area contributed by atoms with E-state index in [9.17, 15) is 0 Å². The third-order valence-electron chi connectivity index (χ3n) is 3.44. The Hall–Kier alpha value is -2.99. The molecule has 0 aliphatic carbocycles. The average Bonchev–Trinajstić information content (AvgIpc) is 3.10. The Bertz CT molecular complexity index is 874. The molecule has 0 aliphatic heterocycles. The van der Waals surface area contributed by atoms with Crippen molar-refractivity contribution in [3.8, 4) is 11.3 Å². The number of hydrazone groups is 1. The first-order valence-corrected chi connectivity index (χ1v) is 8.25. The Kier molecular flexibility index (Phi) is 5.53. The van der Waals surface area contributed by atoms with E-state index in [0.717, 1.165) is 17.0 Å². The lowest BCUT2D eigenvalue weighted by molar-refractivity contribution is 0.574. The van der Waals surface area contributed by atoms with Crippen molar-refractivity contribution in [3.05, 3.63) is 77.8 Å². The first kappa shape index (κ1) is 16.9. The molecule has 2 aromatic heterocycles. The van der Waals surface area contributed by atoms with Crippen LogP contribution in [0.3, 0.4) is 0 Å². The summed E-state index contributed by atoms with van der Waals surface area (Å²) in [5.74, 6) is 1.46. The van der Waals surface area contributed by atoms with Crippen molar-refractivity contribution in [2.45, 2.75) is 13.5 Å². The Balaban J connectivity index is 1.51. The highest BCUT2D eigenvalue weighted by Gasteiger charge is 2.03. The number of hydrogen-bond donors (Lipinski definition) is 2. The summed E-state index contributed by atoms with van der Waals surface area (Å²) in [5, 5.41) is 7.54. The zero-order valence-corrected chi connectivity index (χ0v) is 14.6. The summed E-state index contributed by atoms with van der Waals surface area (Å²) in [6.07, 6.45) is 3.34. The van der Waals surface area contributed by atoms with Crippen LogP contribution in [0.15, 0.2) is 70.3 Å². The maximum atomic E-state index is 5.77. The molecule has 0 atom stereocenters. The monoisotopic (exact) mass is 350 g/mol. The Labute approximate surface area is 151 Å². The van der Waals surface area contributed by atoms with Crippen LogP contribution in [0.4, 0.5) is 0 Å². The van der Waals surface area contributed by atoms with Crippen molar-refractivity contribution in [2.24, 2.45) is 5.10 Å². The summed E-state index contributed by atoms with van der Waals surface area (Å²) < 4.78 is 5.77. The van der Waals surface area contributed by atoms with Crippen LogP contribution in [-0.2, 0) is 6.54 Å². The SMILES string of the molecule is Cc1cccc(-c2ccc(/C=N/NC(=S)NCc3ccccn3)o2)c1. The maximum absolute atomic E-state index is 5.77. The van der Waals surface area contributed by atoms with Crippen LogP contribution in [0.5, 0.6) is 0 Å². The largest absolute Gasteiger partial charge is 0.455 e. The molecule has 3 aromatic rings. The molecule has 0 aliphatic rings. The maximum Gasteiger partial charge on any atom is 0.187 e. The molecule has 0 bridgehead atoms. The molecule has 0 fully saturated rings. The van der Waals surface area contributed by atoms with Crippen molar-refractivity contribution in [1.82, 2.24) is 15.7 Å². The molecule has 0 amide bonds. The van der Waals surface area contributed by atoms with Gasteiger partial charge in [-0.1, -0.05) is 29.8 Å². The highest BCUT2D eigenvalue weighted by molar-refractivity contribution is 7.80. The average molecular weight is 350 g/mol. The molecule has 0 unspecified atom stereocenters. The number of hydrogen-bond acceptors (Lipinski definition) is 4. The summed E-state index contributed by atoms with van der Waals surface area (Å²) in [6, 6.07) is 17.7. The predicted octanol–water partition coefficient (Wildman–Crippen LogP) is 3.65. The van der Waals surface area contributed by atoms with Crippen LogP contribution >= 0.6 is 12.2 Å². The van der Waals surface area contributed by atoms with Gasteiger partial charge < -0.3 is 9.73 Å². The van der Waals surface area contributed by atoms with E-state index in [1.165, 1.54) is 5.56 Å². The van der Waals surface area contributed by atoms with Gasteiger partial charge in [-0.15, -0.1) is 0 Å². The fourth-order valence-corrected chi connectivity index (χ4v) is 2.37. The number of aromatic nitrogens is 1. The van der Waals surface area contributed by atoms with E-state index in [4.69, 9.17) is 16.6 Å². The molecule has 0 saturated heterocycles. The van der Waals surface area contributed by atoms with Gasteiger partial charge >= 0.3 is 0 Å². The predicted molar refractivity (Wildman–Crippen MR) is 103 cm³/mol. The second-order valence-electron chi connectivity index (χ2n) is 5.45. The molecule has 126 valence electrons. The normalized spacial score (nSPS) is 10.8. The topological polar surface area (TPSA) is 62.5 Å². The van der Waals surface area contributed by atoms with Gasteiger partial charge in [0.2, 0.25) is 0 Å². The van der Waals surface area contributed by atoms with Gasteiger partial charge in [0, 0.05) is 11.8 Å². The highest BCUT2D eigenvalue weighted by Crippen LogP contribution is 2.22. The quantitative estimate of drug-likeness (QED) is 0.418. The molecule has 2 N–H and O–H groups in total. The molecular formula is C19H18N4OS. The third kappa shape index (κ3) is 4.99. The number of furan rings is 1. The number of nitrogens with zero attached hydrogens (tertiary/aromatic N) is 2. The van der Waals surface area contributed by atoms with E-state index in [2.05, 4.69) is 39.9 Å². The van der Waals surface area contributed by atoms with Crippen LogP contribution in [-0.4, -0.2) is 16.3 Å². The van der Waals surface area contributed by atoms with Crippen molar-refractivity contribution >= 4 is 23.5 Å². The lowest BCUT2D eigenvalue weighted by Crippen LogP contribution is -2.31. The summed E-state index contributed by atoms with van der Waals surface area (Å²) in [4.78, 5) is 4.21. The Morgan fingerprint density at radius 1 is 1.20 bits per heavy atom. The van der Waals surface area contributed by atoms with Crippen molar-refractivity contribution in [1.29, 1.82) is 0 Å². The second-order valence-corrected chi connectivity index (χ2v) is 5.85. The standard InChI is InChI=1S/C19H18N4OS/c1-14-5-4-6-15(11-14)18-9-8-17(24-18)13-22-23-19(25)21-12-16-7-2-3-10-20-16/h2-11,13H,12H2,1H3,(H2,21,23,25)/b22-13+. The van der Waals surface area contributed by atoms with Crippen LogP contribution in [0.2, 0.25) is 0 Å². The van der Waals surface area contributed by atoms with Gasteiger partial charge in [-0.25, -0.2) is 0 Å². The third-order valence-corrected chi connectivity index (χ3v) is 3.68. The Morgan fingerprint density at radius 3 is 2.92 bits per heavy atom. The zero-order valence-electron chi connectivity index (χ0n) is 13.8. The molecule has 25 heavy (non-hydrogen) atoms. The molecule has 1 aromatic carbocycles. The van der Waals surface area contributed by atoms with Gasteiger partial charge in [0.15, 0.2) is 5.11 Å². The van der Waals surface area contributed by atoms with E-state index in [1.807, 2.05) is 42.5 Å². The zero-order chi connectivity index (χ0) is 17.5. The first-order chi connectivity index (χ1) is 12.2. The lowest BCUT2D eigenvalue weighted by Gasteiger charge is -2.05. The smallest absolute Gasteiger partial charge is 0.187 e.